The van der Waals surface area contributed by atoms with Gasteiger partial charge in [-0.1, -0.05) is 4.68 Å². The fourth-order valence-electron chi connectivity index (χ4n) is 1.31. The van der Waals surface area contributed by atoms with Crippen LogP contribution < -0.4 is 9.79 Å². The van der Waals surface area contributed by atoms with Gasteiger partial charge >= 0.3 is 0 Å². The first-order valence-electron chi connectivity index (χ1n) is 5.08. The largest absolute Gasteiger partial charge is 0.539 e. The van der Waals surface area contributed by atoms with Crippen LogP contribution in [-0.2, 0) is 6.54 Å². The highest BCUT2D eigenvalue weighted by molar-refractivity contribution is 7.99. The van der Waals surface area contributed by atoms with E-state index in [0.29, 0.717) is 12.2 Å². The van der Waals surface area contributed by atoms with Gasteiger partial charge in [-0.2, -0.15) is 0 Å². The van der Waals surface area contributed by atoms with E-state index < -0.39 is 5.95 Å². The van der Waals surface area contributed by atoms with Crippen LogP contribution in [0.2, 0.25) is 0 Å². The van der Waals surface area contributed by atoms with Crippen molar-refractivity contribution in [2.45, 2.75) is 18.4 Å². The van der Waals surface area contributed by atoms with Crippen LogP contribution in [0.5, 0.6) is 5.95 Å². The van der Waals surface area contributed by atoms with Crippen LogP contribution in [0.15, 0.2) is 33.7 Å². The molecule has 0 amide bonds. The van der Waals surface area contributed by atoms with E-state index in [-0.39, 0.29) is 5.82 Å². The van der Waals surface area contributed by atoms with Gasteiger partial charge in [0.2, 0.25) is 5.69 Å². The summed E-state index contributed by atoms with van der Waals surface area (Å²) >= 11 is 1.57. The molecule has 2 aromatic rings. The van der Waals surface area contributed by atoms with Gasteiger partial charge in [0.25, 0.3) is 0 Å². The van der Waals surface area contributed by atoms with Gasteiger partial charge in [0.1, 0.15) is 5.82 Å². The van der Waals surface area contributed by atoms with E-state index >= 15 is 0 Å². The summed E-state index contributed by atoms with van der Waals surface area (Å²) in [5.74, 6) is 0.0900. The van der Waals surface area contributed by atoms with Crippen LogP contribution in [0.25, 0.3) is 0 Å². The average Bonchev–Trinajstić information content (AvgIpc) is 2.64. The van der Waals surface area contributed by atoms with Crippen molar-refractivity contribution in [1.82, 2.24) is 5.27 Å². The molecular weight excluding hydrogens is 243 g/mol. The van der Waals surface area contributed by atoms with Gasteiger partial charge < -0.3 is 9.63 Å². The van der Waals surface area contributed by atoms with Gasteiger partial charge in [0.05, 0.1) is 11.0 Å². The van der Waals surface area contributed by atoms with Crippen molar-refractivity contribution in [2.24, 2.45) is 0 Å². The second kappa shape index (κ2) is 5.18. The van der Waals surface area contributed by atoms with E-state index in [2.05, 4.69) is 9.79 Å². The third kappa shape index (κ3) is 2.97. The second-order valence-electron chi connectivity index (χ2n) is 3.47. The summed E-state index contributed by atoms with van der Waals surface area (Å²) < 4.78 is 18.7. The molecule has 1 aromatic carbocycles. The van der Waals surface area contributed by atoms with Crippen molar-refractivity contribution in [3.05, 3.63) is 35.8 Å². The van der Waals surface area contributed by atoms with Crippen molar-refractivity contribution < 1.29 is 18.7 Å². The Bertz CT molecular complexity index is 499. The Kier molecular flexibility index (Phi) is 3.63. The molecule has 1 aromatic heterocycles. The number of aryl methyl sites for hydroxylation is 1. The number of benzene rings is 1. The van der Waals surface area contributed by atoms with Crippen LogP contribution in [0, 0.1) is 12.7 Å². The number of hydrogen-bond donors (Lipinski definition) is 0. The number of halogens is 1. The third-order valence-corrected chi connectivity index (χ3v) is 3.28. The summed E-state index contributed by atoms with van der Waals surface area (Å²) in [5.41, 5.74) is 0.490. The maximum absolute atomic E-state index is 12.7. The van der Waals surface area contributed by atoms with Gasteiger partial charge in [-0.25, -0.2) is 4.39 Å². The highest BCUT2D eigenvalue weighted by atomic mass is 32.2. The van der Waals surface area contributed by atoms with E-state index in [1.54, 1.807) is 30.8 Å². The molecule has 0 unspecified atom stereocenters. The van der Waals surface area contributed by atoms with E-state index in [1.807, 2.05) is 0 Å². The van der Waals surface area contributed by atoms with Crippen LogP contribution in [0.3, 0.4) is 0 Å². The highest BCUT2D eigenvalue weighted by Gasteiger charge is 2.11. The Balaban J connectivity index is 1.87. The van der Waals surface area contributed by atoms with Gasteiger partial charge in [0.15, 0.2) is 12.5 Å². The van der Waals surface area contributed by atoms with Gasteiger partial charge in [-0.05, 0) is 24.3 Å². The molecular formula is C11H11FN2O2S. The van der Waals surface area contributed by atoms with E-state index in [4.69, 9.17) is 0 Å². The molecule has 90 valence electrons. The normalized spacial score (nSPS) is 10.7. The molecule has 0 atom stereocenters. The molecule has 6 heteroatoms. The molecule has 0 aliphatic carbocycles. The lowest BCUT2D eigenvalue weighted by Crippen LogP contribution is -2.39. The van der Waals surface area contributed by atoms with E-state index in [1.165, 1.54) is 16.8 Å². The predicted molar refractivity (Wildman–Crippen MR) is 58.0 cm³/mol. The monoisotopic (exact) mass is 254 g/mol. The number of rotatable bonds is 4. The van der Waals surface area contributed by atoms with E-state index in [0.717, 1.165) is 10.6 Å². The minimum atomic E-state index is -0.406. The van der Waals surface area contributed by atoms with Crippen molar-refractivity contribution in [3.63, 3.8) is 0 Å². The predicted octanol–water partition coefficient (Wildman–Crippen LogP) is 1.28. The lowest BCUT2D eigenvalue weighted by molar-refractivity contribution is -0.763. The Morgan fingerprint density at radius 2 is 2.12 bits per heavy atom. The second-order valence-corrected chi connectivity index (χ2v) is 4.64. The smallest absolute Gasteiger partial charge is 0.230 e. The van der Waals surface area contributed by atoms with Crippen LogP contribution in [0.4, 0.5) is 4.39 Å². The van der Waals surface area contributed by atoms with Crippen molar-refractivity contribution in [2.75, 3.05) is 5.75 Å². The average molecular weight is 254 g/mol. The SMILES string of the molecule is Cc1c([O-])on[n+]1CCSc1ccc(F)cc1. The first-order valence-corrected chi connectivity index (χ1v) is 6.07. The first-order chi connectivity index (χ1) is 8.16. The summed E-state index contributed by atoms with van der Waals surface area (Å²) in [6.45, 7) is 2.25. The third-order valence-electron chi connectivity index (χ3n) is 2.29. The van der Waals surface area contributed by atoms with Crippen LogP contribution in [0.1, 0.15) is 5.69 Å². The molecule has 0 bridgehead atoms. The lowest BCUT2D eigenvalue weighted by Gasteiger charge is -1.98. The summed E-state index contributed by atoms with van der Waals surface area (Å²) in [7, 11) is 0. The zero-order valence-electron chi connectivity index (χ0n) is 9.22. The molecule has 0 saturated heterocycles. The molecule has 0 N–H and O–H groups in total. The van der Waals surface area contributed by atoms with Gasteiger partial charge in [-0.3, -0.25) is 0 Å². The van der Waals surface area contributed by atoms with Gasteiger partial charge in [0, 0.05) is 11.8 Å². The number of thioether (sulfide) groups is 1. The quantitative estimate of drug-likeness (QED) is 0.609. The molecule has 0 aliphatic heterocycles. The first kappa shape index (κ1) is 11.9. The fraction of sp³-hybridized carbons (Fsp3) is 0.273. The van der Waals surface area contributed by atoms with Crippen molar-refractivity contribution in [1.29, 1.82) is 0 Å². The molecule has 0 radical (unpaired) electrons. The molecule has 0 spiro atoms. The molecule has 0 fully saturated rings. The number of aromatic nitrogens is 2. The topological polar surface area (TPSA) is 53.0 Å². The zero-order valence-corrected chi connectivity index (χ0v) is 10.0. The molecule has 4 nitrogen and oxygen atoms in total. The molecule has 0 aliphatic rings. The number of hydrogen-bond acceptors (Lipinski definition) is 4. The Hall–Kier alpha value is -1.56. The summed E-state index contributed by atoms with van der Waals surface area (Å²) in [4.78, 5) is 0.982. The maximum atomic E-state index is 12.7. The summed E-state index contributed by atoms with van der Waals surface area (Å²) in [6, 6.07) is 6.29. The maximum Gasteiger partial charge on any atom is 0.230 e. The summed E-state index contributed by atoms with van der Waals surface area (Å²) in [5, 5.41) is 14.6. The molecule has 0 saturated carbocycles. The van der Waals surface area contributed by atoms with Crippen LogP contribution >= 0.6 is 11.8 Å². The van der Waals surface area contributed by atoms with E-state index in [9.17, 15) is 9.50 Å². The van der Waals surface area contributed by atoms with Crippen molar-refractivity contribution in [3.8, 4) is 5.95 Å². The molecule has 2 rings (SSSR count). The Morgan fingerprint density at radius 1 is 1.41 bits per heavy atom. The molecule has 1 heterocycles. The molecule has 17 heavy (non-hydrogen) atoms. The minimum absolute atomic E-state index is 0.243. The highest BCUT2D eigenvalue weighted by Crippen LogP contribution is 2.17. The Labute approximate surface area is 102 Å². The fourth-order valence-corrected chi connectivity index (χ4v) is 2.14. The van der Waals surface area contributed by atoms with Crippen molar-refractivity contribution >= 4 is 11.8 Å². The minimum Gasteiger partial charge on any atom is -0.539 e. The summed E-state index contributed by atoms with van der Waals surface area (Å²) in [6.07, 6.45) is 0. The standard InChI is InChI=1S/C11H11FN2O2S/c1-8-11(15)16-13-14(8)6-7-17-10-4-2-9(12)3-5-10/h2-5H,6-7H2,1H3. The van der Waals surface area contributed by atoms with Crippen LogP contribution in [-0.4, -0.2) is 11.0 Å². The van der Waals surface area contributed by atoms with Gasteiger partial charge in [-0.15, -0.1) is 11.8 Å². The zero-order chi connectivity index (χ0) is 12.3. The Morgan fingerprint density at radius 3 is 2.71 bits per heavy atom. The number of nitrogens with zero attached hydrogens (tertiary/aromatic N) is 2. The lowest BCUT2D eigenvalue weighted by atomic mass is 10.4.